The van der Waals surface area contributed by atoms with Crippen LogP contribution in [0.1, 0.15) is 21.3 Å². The zero-order chi connectivity index (χ0) is 14.5. The molecule has 2 aromatic heterocycles. The molecule has 6 heteroatoms. The number of aromatic nitrogens is 1. The molecule has 0 unspecified atom stereocenters. The van der Waals surface area contributed by atoms with Gasteiger partial charge in [-0.2, -0.15) is 0 Å². The van der Waals surface area contributed by atoms with Gasteiger partial charge in [-0.05, 0) is 37.7 Å². The maximum Gasteiger partial charge on any atom is 0.251 e. The van der Waals surface area contributed by atoms with Crippen molar-refractivity contribution in [3.63, 3.8) is 0 Å². The summed E-state index contributed by atoms with van der Waals surface area (Å²) in [6.07, 6.45) is 1.53. The van der Waals surface area contributed by atoms with Gasteiger partial charge in [0.05, 0.1) is 6.04 Å². The third-order valence-electron chi connectivity index (χ3n) is 2.94. The molecule has 0 aliphatic heterocycles. The van der Waals surface area contributed by atoms with Crippen molar-refractivity contribution in [2.24, 2.45) is 0 Å². The summed E-state index contributed by atoms with van der Waals surface area (Å²) < 4.78 is 0. The highest BCUT2D eigenvalue weighted by Crippen LogP contribution is 2.22. The predicted octanol–water partition coefficient (Wildman–Crippen LogP) is 2.83. The van der Waals surface area contributed by atoms with Crippen LogP contribution in [0.25, 0.3) is 0 Å². The van der Waals surface area contributed by atoms with Gasteiger partial charge in [0.15, 0.2) is 0 Å². The summed E-state index contributed by atoms with van der Waals surface area (Å²) in [5, 5.41) is 5.29. The zero-order valence-corrected chi connectivity index (χ0v) is 12.9. The number of nitrogens with zero attached hydrogens (tertiary/aromatic N) is 2. The topological polar surface area (TPSA) is 45.2 Å². The number of halogens is 1. The summed E-state index contributed by atoms with van der Waals surface area (Å²) in [5.41, 5.74) is 0.522. The van der Waals surface area contributed by atoms with E-state index >= 15 is 0 Å². The van der Waals surface area contributed by atoms with Crippen molar-refractivity contribution in [2.45, 2.75) is 6.04 Å². The molecule has 0 saturated carbocycles. The molecule has 0 spiro atoms. The molecule has 0 bridgehead atoms. The lowest BCUT2D eigenvalue weighted by atomic mass is 10.2. The Bertz CT molecular complexity index is 572. The third-order valence-corrected chi connectivity index (χ3v) is 4.12. The number of amides is 1. The quantitative estimate of drug-likeness (QED) is 0.864. The van der Waals surface area contributed by atoms with E-state index in [0.29, 0.717) is 17.3 Å². The minimum absolute atomic E-state index is 0.141. The third kappa shape index (κ3) is 3.79. The molecule has 1 atom stereocenters. The molecule has 0 aliphatic carbocycles. The monoisotopic (exact) mass is 309 g/mol. The standard InChI is InChI=1S/C14H16ClN3OS/c1-18(2)11(12-4-3-7-20-12)9-17-14(19)10-5-6-16-13(15)8-10/h3-8,11H,9H2,1-2H3,(H,17,19)/t11-/m1/s1. The van der Waals surface area contributed by atoms with E-state index < -0.39 is 0 Å². The van der Waals surface area contributed by atoms with Crippen LogP contribution in [0, 0.1) is 0 Å². The van der Waals surface area contributed by atoms with Crippen molar-refractivity contribution in [1.29, 1.82) is 0 Å². The number of rotatable bonds is 5. The Morgan fingerprint density at radius 2 is 2.30 bits per heavy atom. The van der Waals surface area contributed by atoms with Gasteiger partial charge in [0.25, 0.3) is 5.91 Å². The summed E-state index contributed by atoms with van der Waals surface area (Å²) in [6.45, 7) is 0.548. The van der Waals surface area contributed by atoms with Crippen LogP contribution in [0.15, 0.2) is 35.8 Å². The van der Waals surface area contributed by atoms with Gasteiger partial charge in [-0.25, -0.2) is 4.98 Å². The average Bonchev–Trinajstić information content (AvgIpc) is 2.92. The molecule has 0 radical (unpaired) electrons. The van der Waals surface area contributed by atoms with Crippen LogP contribution >= 0.6 is 22.9 Å². The minimum atomic E-state index is -0.141. The zero-order valence-electron chi connectivity index (χ0n) is 11.3. The summed E-state index contributed by atoms with van der Waals surface area (Å²) >= 11 is 7.47. The first kappa shape index (κ1) is 15.0. The summed E-state index contributed by atoms with van der Waals surface area (Å²) in [7, 11) is 4.00. The van der Waals surface area contributed by atoms with Crippen LogP contribution in [0.4, 0.5) is 0 Å². The molecule has 0 fully saturated rings. The van der Waals surface area contributed by atoms with Gasteiger partial charge in [-0.15, -0.1) is 11.3 Å². The molecule has 0 aromatic carbocycles. The fourth-order valence-electron chi connectivity index (χ4n) is 1.85. The van der Waals surface area contributed by atoms with Crippen molar-refractivity contribution >= 4 is 28.8 Å². The minimum Gasteiger partial charge on any atom is -0.350 e. The molecule has 0 saturated heterocycles. The number of carbonyl (C=O) groups is 1. The maximum atomic E-state index is 12.1. The fourth-order valence-corrected chi connectivity index (χ4v) is 2.95. The first-order valence-electron chi connectivity index (χ1n) is 6.17. The Hall–Kier alpha value is -1.43. The second-order valence-corrected chi connectivity index (χ2v) is 5.94. The number of thiophene rings is 1. The van der Waals surface area contributed by atoms with E-state index in [2.05, 4.69) is 21.3 Å². The molecule has 1 N–H and O–H groups in total. The molecule has 1 amide bonds. The largest absolute Gasteiger partial charge is 0.350 e. The summed E-state index contributed by atoms with van der Waals surface area (Å²) in [4.78, 5) is 19.3. The second kappa shape index (κ2) is 6.83. The number of hydrogen-bond donors (Lipinski definition) is 1. The van der Waals surface area contributed by atoms with Gasteiger partial charge in [0.2, 0.25) is 0 Å². The van der Waals surface area contributed by atoms with E-state index in [1.165, 1.54) is 11.1 Å². The maximum absolute atomic E-state index is 12.1. The highest BCUT2D eigenvalue weighted by molar-refractivity contribution is 7.10. The summed E-state index contributed by atoms with van der Waals surface area (Å²) in [5.74, 6) is -0.141. The van der Waals surface area contributed by atoms with E-state index in [1.54, 1.807) is 23.5 Å². The molecule has 0 aliphatic rings. The number of likely N-dealkylation sites (N-methyl/N-ethyl adjacent to an activating group) is 1. The number of pyridine rings is 1. The highest BCUT2D eigenvalue weighted by Gasteiger charge is 2.16. The molecular weight excluding hydrogens is 294 g/mol. The lowest BCUT2D eigenvalue weighted by Gasteiger charge is -2.23. The first-order chi connectivity index (χ1) is 9.58. The van der Waals surface area contributed by atoms with Crippen LogP contribution in [0.5, 0.6) is 0 Å². The van der Waals surface area contributed by atoms with E-state index in [4.69, 9.17) is 11.6 Å². The molecule has 106 valence electrons. The lowest BCUT2D eigenvalue weighted by Crippen LogP contribution is -2.34. The van der Waals surface area contributed by atoms with Gasteiger partial charge >= 0.3 is 0 Å². The van der Waals surface area contributed by atoms with Crippen molar-refractivity contribution in [1.82, 2.24) is 15.2 Å². The Morgan fingerprint density at radius 3 is 2.90 bits per heavy atom. The van der Waals surface area contributed by atoms with E-state index in [0.717, 1.165) is 0 Å². The molecular formula is C14H16ClN3OS. The first-order valence-corrected chi connectivity index (χ1v) is 7.43. The van der Waals surface area contributed by atoms with Crippen molar-refractivity contribution in [3.8, 4) is 0 Å². The van der Waals surface area contributed by atoms with Crippen molar-refractivity contribution in [3.05, 3.63) is 51.4 Å². The Labute approximate surface area is 127 Å². The SMILES string of the molecule is CN(C)[C@H](CNC(=O)c1ccnc(Cl)c1)c1cccs1. The van der Waals surface area contributed by atoms with Gasteiger partial charge in [-0.3, -0.25) is 4.79 Å². The van der Waals surface area contributed by atoms with E-state index in [-0.39, 0.29) is 11.9 Å². The molecule has 4 nitrogen and oxygen atoms in total. The predicted molar refractivity (Wildman–Crippen MR) is 82.3 cm³/mol. The van der Waals surface area contributed by atoms with E-state index in [9.17, 15) is 4.79 Å². The Kier molecular flexibility index (Phi) is 5.11. The van der Waals surface area contributed by atoms with Gasteiger partial charge in [-0.1, -0.05) is 17.7 Å². The Morgan fingerprint density at radius 1 is 1.50 bits per heavy atom. The molecule has 2 heterocycles. The number of nitrogens with one attached hydrogen (secondary N) is 1. The number of carbonyl (C=O) groups excluding carboxylic acids is 1. The Balaban J connectivity index is 2.01. The van der Waals surface area contributed by atoms with Crippen molar-refractivity contribution < 1.29 is 4.79 Å². The second-order valence-electron chi connectivity index (χ2n) is 4.57. The summed E-state index contributed by atoms with van der Waals surface area (Å²) in [6, 6.07) is 7.46. The number of hydrogen-bond acceptors (Lipinski definition) is 4. The lowest BCUT2D eigenvalue weighted by molar-refractivity contribution is 0.0942. The molecule has 2 rings (SSSR count). The van der Waals surface area contributed by atoms with Crippen molar-refractivity contribution in [2.75, 3.05) is 20.6 Å². The average molecular weight is 310 g/mol. The van der Waals surface area contributed by atoms with Gasteiger partial charge < -0.3 is 10.2 Å². The van der Waals surface area contributed by atoms with Gasteiger partial charge in [0.1, 0.15) is 5.15 Å². The van der Waals surface area contributed by atoms with Gasteiger partial charge in [0, 0.05) is 23.2 Å². The van der Waals surface area contributed by atoms with Crippen LogP contribution < -0.4 is 5.32 Å². The van der Waals surface area contributed by atoms with Crippen LogP contribution in [-0.2, 0) is 0 Å². The molecule has 2 aromatic rings. The smallest absolute Gasteiger partial charge is 0.251 e. The molecule has 20 heavy (non-hydrogen) atoms. The van der Waals surface area contributed by atoms with Crippen LogP contribution in [0.2, 0.25) is 5.15 Å². The highest BCUT2D eigenvalue weighted by atomic mass is 35.5. The van der Waals surface area contributed by atoms with E-state index in [1.807, 2.05) is 25.5 Å². The normalized spacial score (nSPS) is 12.4. The fraction of sp³-hybridized carbons (Fsp3) is 0.286. The van der Waals surface area contributed by atoms with Crippen LogP contribution in [-0.4, -0.2) is 36.4 Å². The van der Waals surface area contributed by atoms with Crippen LogP contribution in [0.3, 0.4) is 0 Å².